The van der Waals surface area contributed by atoms with Crippen molar-refractivity contribution in [3.63, 3.8) is 0 Å². The van der Waals surface area contributed by atoms with Gasteiger partial charge >= 0.3 is 0 Å². The molecule has 0 bridgehead atoms. The van der Waals surface area contributed by atoms with Gasteiger partial charge in [-0.3, -0.25) is 4.79 Å². The minimum Gasteiger partial charge on any atom is -0.326 e. The van der Waals surface area contributed by atoms with E-state index in [1.807, 2.05) is 30.5 Å². The predicted octanol–water partition coefficient (Wildman–Crippen LogP) is 3.79. The Morgan fingerprint density at radius 3 is 3.00 bits per heavy atom. The molecule has 2 rings (SSSR count). The molecule has 0 atom stereocenters. The molecular weight excluding hydrogens is 312 g/mol. The lowest BCUT2D eigenvalue weighted by Gasteiger charge is -2.06. The van der Waals surface area contributed by atoms with Gasteiger partial charge in [-0.05, 0) is 24.6 Å². The van der Waals surface area contributed by atoms with Gasteiger partial charge in [0.1, 0.15) is 0 Å². The number of nitrogens with zero attached hydrogens (tertiary/aromatic N) is 1. The van der Waals surface area contributed by atoms with Crippen LogP contribution in [0.3, 0.4) is 0 Å². The first-order chi connectivity index (χ1) is 8.65. The topological polar surface area (TPSA) is 42.0 Å². The minimum atomic E-state index is 0.0148. The monoisotopic (exact) mass is 324 g/mol. The molecule has 0 spiro atoms. The molecule has 0 saturated carbocycles. The molecule has 3 nitrogen and oxygen atoms in total. The van der Waals surface area contributed by atoms with Crippen LogP contribution in [0.2, 0.25) is 0 Å². The molecule has 1 amide bonds. The number of halogens is 1. The summed E-state index contributed by atoms with van der Waals surface area (Å²) >= 11 is 5.02. The van der Waals surface area contributed by atoms with Crippen molar-refractivity contribution in [3.05, 3.63) is 44.8 Å². The number of nitrogens with one attached hydrogen (secondary N) is 1. The van der Waals surface area contributed by atoms with Crippen LogP contribution in [0.5, 0.6) is 0 Å². The average molecular weight is 325 g/mol. The van der Waals surface area contributed by atoms with Crippen LogP contribution in [0.4, 0.5) is 5.69 Å². The van der Waals surface area contributed by atoms with Crippen LogP contribution in [0.1, 0.15) is 17.0 Å². The highest BCUT2D eigenvalue weighted by Gasteiger charge is 2.05. The Morgan fingerprint density at radius 2 is 2.33 bits per heavy atom. The molecule has 0 aliphatic heterocycles. The first kappa shape index (κ1) is 13.2. The van der Waals surface area contributed by atoms with E-state index in [-0.39, 0.29) is 5.91 Å². The number of aryl methyl sites for hydroxylation is 2. The van der Waals surface area contributed by atoms with E-state index >= 15 is 0 Å². The summed E-state index contributed by atoms with van der Waals surface area (Å²) in [4.78, 5) is 15.9. The zero-order chi connectivity index (χ0) is 13.0. The third-order valence-corrected chi connectivity index (χ3v) is 4.20. The number of hydrogen-bond donors (Lipinski definition) is 1. The summed E-state index contributed by atoms with van der Waals surface area (Å²) in [6, 6.07) is 5.79. The molecule has 0 aliphatic carbocycles. The number of amides is 1. The molecule has 18 heavy (non-hydrogen) atoms. The molecule has 0 fully saturated rings. The summed E-state index contributed by atoms with van der Waals surface area (Å²) in [5.41, 5.74) is 1.97. The van der Waals surface area contributed by atoms with Crippen LogP contribution < -0.4 is 5.32 Å². The Balaban J connectivity index is 1.88. The van der Waals surface area contributed by atoms with Crippen molar-refractivity contribution in [2.45, 2.75) is 19.8 Å². The summed E-state index contributed by atoms with van der Waals surface area (Å²) in [6.07, 6.45) is 2.91. The van der Waals surface area contributed by atoms with E-state index < -0.39 is 0 Å². The van der Waals surface area contributed by atoms with E-state index in [4.69, 9.17) is 0 Å². The summed E-state index contributed by atoms with van der Waals surface area (Å²) in [5, 5.41) is 5.80. The van der Waals surface area contributed by atoms with Crippen molar-refractivity contribution in [3.8, 4) is 0 Å². The van der Waals surface area contributed by atoms with Gasteiger partial charge in [-0.1, -0.05) is 22.0 Å². The minimum absolute atomic E-state index is 0.0148. The highest BCUT2D eigenvalue weighted by Crippen LogP contribution is 2.20. The van der Waals surface area contributed by atoms with E-state index in [2.05, 4.69) is 26.2 Å². The molecule has 0 aliphatic rings. The lowest BCUT2D eigenvalue weighted by atomic mass is 10.2. The van der Waals surface area contributed by atoms with Crippen LogP contribution in [0.15, 0.2) is 34.2 Å². The molecule has 0 radical (unpaired) electrons. The zero-order valence-electron chi connectivity index (χ0n) is 9.94. The summed E-state index contributed by atoms with van der Waals surface area (Å²) < 4.78 is 1.00. The number of benzene rings is 1. The molecule has 1 aromatic heterocycles. The van der Waals surface area contributed by atoms with Crippen molar-refractivity contribution in [2.75, 3.05) is 5.32 Å². The van der Waals surface area contributed by atoms with Gasteiger partial charge in [-0.25, -0.2) is 4.98 Å². The van der Waals surface area contributed by atoms with Crippen molar-refractivity contribution in [1.82, 2.24) is 4.98 Å². The van der Waals surface area contributed by atoms with E-state index in [0.717, 1.165) is 20.7 Å². The number of anilines is 1. The highest BCUT2D eigenvalue weighted by molar-refractivity contribution is 9.10. The summed E-state index contributed by atoms with van der Waals surface area (Å²) in [5.74, 6) is 0.0148. The van der Waals surface area contributed by atoms with Crippen LogP contribution in [-0.4, -0.2) is 10.9 Å². The maximum absolute atomic E-state index is 11.8. The number of rotatable bonds is 4. The molecular formula is C13H13BrN2OS. The van der Waals surface area contributed by atoms with Crippen molar-refractivity contribution >= 4 is 38.9 Å². The smallest absolute Gasteiger partial charge is 0.224 e. The molecule has 2 aromatic rings. The molecule has 1 N–H and O–H groups in total. The van der Waals surface area contributed by atoms with Crippen molar-refractivity contribution in [1.29, 1.82) is 0 Å². The van der Waals surface area contributed by atoms with Crippen molar-refractivity contribution < 1.29 is 4.79 Å². The average Bonchev–Trinajstić information content (AvgIpc) is 2.84. The van der Waals surface area contributed by atoms with Gasteiger partial charge < -0.3 is 5.32 Å². The number of carbonyl (C=O) groups excluding carboxylic acids is 1. The second-order valence-electron chi connectivity index (χ2n) is 3.94. The van der Waals surface area contributed by atoms with Gasteiger partial charge in [-0.15, -0.1) is 11.3 Å². The van der Waals surface area contributed by atoms with E-state index in [1.165, 1.54) is 0 Å². The maximum Gasteiger partial charge on any atom is 0.224 e. The largest absolute Gasteiger partial charge is 0.326 e. The fourth-order valence-corrected chi connectivity index (χ4v) is 2.49. The summed E-state index contributed by atoms with van der Waals surface area (Å²) in [7, 11) is 0. The van der Waals surface area contributed by atoms with Crippen LogP contribution in [-0.2, 0) is 11.2 Å². The van der Waals surface area contributed by atoms with E-state index in [9.17, 15) is 4.79 Å². The van der Waals surface area contributed by atoms with E-state index in [0.29, 0.717) is 12.8 Å². The Kier molecular flexibility index (Phi) is 4.49. The second-order valence-corrected chi connectivity index (χ2v) is 5.77. The van der Waals surface area contributed by atoms with Crippen LogP contribution >= 0.6 is 27.3 Å². The molecule has 5 heteroatoms. The fraction of sp³-hybridized carbons (Fsp3) is 0.231. The molecule has 1 aromatic carbocycles. The van der Waals surface area contributed by atoms with Gasteiger partial charge in [0.15, 0.2) is 0 Å². The Morgan fingerprint density at radius 1 is 1.50 bits per heavy atom. The Bertz CT molecular complexity index is 540. The standard InChI is InChI=1S/C13H13BrN2OS/c1-9-2-3-10(8-11(9)14)16-12(17)4-5-13-15-6-7-18-13/h2-3,6-8H,4-5H2,1H3,(H,16,17). The zero-order valence-corrected chi connectivity index (χ0v) is 12.3. The number of carbonyl (C=O) groups is 1. The quantitative estimate of drug-likeness (QED) is 0.929. The van der Waals surface area contributed by atoms with Gasteiger partial charge in [0.2, 0.25) is 5.91 Å². The SMILES string of the molecule is Cc1ccc(NC(=O)CCc2nccs2)cc1Br. The number of hydrogen-bond acceptors (Lipinski definition) is 3. The lowest BCUT2D eigenvalue weighted by Crippen LogP contribution is -2.12. The molecule has 94 valence electrons. The first-order valence-electron chi connectivity index (χ1n) is 5.59. The molecule has 1 heterocycles. The third kappa shape index (κ3) is 3.65. The van der Waals surface area contributed by atoms with Gasteiger partial charge in [0.25, 0.3) is 0 Å². The molecule has 0 unspecified atom stereocenters. The number of thiazole rings is 1. The van der Waals surface area contributed by atoms with Gasteiger partial charge in [0.05, 0.1) is 5.01 Å². The van der Waals surface area contributed by atoms with Gasteiger partial charge in [0, 0.05) is 34.6 Å². The first-order valence-corrected chi connectivity index (χ1v) is 7.27. The van der Waals surface area contributed by atoms with E-state index in [1.54, 1.807) is 17.5 Å². The Labute approximate surface area is 118 Å². The number of aromatic nitrogens is 1. The van der Waals surface area contributed by atoms with Gasteiger partial charge in [-0.2, -0.15) is 0 Å². The molecule has 0 saturated heterocycles. The fourth-order valence-electron chi connectivity index (χ4n) is 1.49. The Hall–Kier alpha value is -1.20. The van der Waals surface area contributed by atoms with Crippen LogP contribution in [0.25, 0.3) is 0 Å². The highest BCUT2D eigenvalue weighted by atomic mass is 79.9. The third-order valence-electron chi connectivity index (χ3n) is 2.50. The summed E-state index contributed by atoms with van der Waals surface area (Å²) in [6.45, 7) is 2.01. The predicted molar refractivity (Wildman–Crippen MR) is 77.9 cm³/mol. The normalized spacial score (nSPS) is 10.3. The second kappa shape index (κ2) is 6.11. The maximum atomic E-state index is 11.8. The van der Waals surface area contributed by atoms with Crippen molar-refractivity contribution in [2.24, 2.45) is 0 Å². The van der Waals surface area contributed by atoms with Crippen LogP contribution in [0, 0.1) is 6.92 Å². The lowest BCUT2D eigenvalue weighted by molar-refractivity contribution is -0.116.